The van der Waals surface area contributed by atoms with Gasteiger partial charge >= 0.3 is 12.4 Å². The van der Waals surface area contributed by atoms with E-state index in [1.165, 1.54) is 0 Å². The number of fused-ring (bicyclic) bond motifs is 1. The molecule has 0 atom stereocenters. The Morgan fingerprint density at radius 2 is 1.92 bits per heavy atom. The van der Waals surface area contributed by atoms with Gasteiger partial charge in [0.25, 0.3) is 0 Å². The highest BCUT2D eigenvalue weighted by Crippen LogP contribution is 2.33. The fraction of sp³-hybridized carbons (Fsp3) is 0.538. The maximum absolute atomic E-state index is 13.1. The van der Waals surface area contributed by atoms with Crippen molar-refractivity contribution in [3.63, 3.8) is 0 Å². The standard InChI is InChI=1S/C13H14F6N4S/c1-2-4-9-22-23-8(7-20-6-3-5-12(14,15)16)10(13(17,18)19)21-11(23)24-9/h3,5,20H,2,4,6-7H2,1H3/b5-3+. The SMILES string of the molecule is CCCc1nn2c(CNC/C=C/C(F)(F)F)c(C(F)(F)F)nc2s1. The quantitative estimate of drug-likeness (QED) is 0.474. The first kappa shape index (κ1) is 18.7. The normalized spacial score (nSPS) is 13.5. The van der Waals surface area contributed by atoms with E-state index in [2.05, 4.69) is 15.4 Å². The molecule has 0 aromatic carbocycles. The van der Waals surface area contributed by atoms with Crippen LogP contribution in [0.3, 0.4) is 0 Å². The van der Waals surface area contributed by atoms with Crippen LogP contribution < -0.4 is 5.32 Å². The highest BCUT2D eigenvalue weighted by Gasteiger charge is 2.38. The second kappa shape index (κ2) is 7.09. The number of alkyl halides is 6. The summed E-state index contributed by atoms with van der Waals surface area (Å²) in [5, 5.41) is 7.29. The maximum Gasteiger partial charge on any atom is 0.435 e. The number of hydrogen-bond acceptors (Lipinski definition) is 4. The average Bonchev–Trinajstić information content (AvgIpc) is 2.95. The van der Waals surface area contributed by atoms with Gasteiger partial charge in [0.1, 0.15) is 5.01 Å². The van der Waals surface area contributed by atoms with Gasteiger partial charge in [-0.2, -0.15) is 31.4 Å². The summed E-state index contributed by atoms with van der Waals surface area (Å²) in [6.45, 7) is 1.39. The number of halogens is 6. The topological polar surface area (TPSA) is 42.2 Å². The van der Waals surface area contributed by atoms with Crippen molar-refractivity contribution in [1.29, 1.82) is 0 Å². The summed E-state index contributed by atoms with van der Waals surface area (Å²) in [5.41, 5.74) is -1.28. The van der Waals surface area contributed by atoms with Crippen molar-refractivity contribution in [2.75, 3.05) is 6.54 Å². The number of imidazole rings is 1. The van der Waals surface area contributed by atoms with Crippen molar-refractivity contribution < 1.29 is 26.3 Å². The third-order valence-corrected chi connectivity index (χ3v) is 3.90. The van der Waals surface area contributed by atoms with Gasteiger partial charge in [-0.15, -0.1) is 0 Å². The van der Waals surface area contributed by atoms with Crippen molar-refractivity contribution in [3.8, 4) is 0 Å². The first-order valence-corrected chi connectivity index (χ1v) is 7.83. The second-order valence-corrected chi connectivity index (χ2v) is 5.96. The molecule has 0 aliphatic rings. The molecular formula is C13H14F6N4S. The number of nitrogens with one attached hydrogen (secondary N) is 1. The van der Waals surface area contributed by atoms with Gasteiger partial charge in [0.05, 0.1) is 5.69 Å². The zero-order valence-electron chi connectivity index (χ0n) is 12.5. The monoisotopic (exact) mass is 372 g/mol. The molecule has 1 N–H and O–H groups in total. The molecule has 0 saturated heterocycles. The molecule has 2 aromatic rings. The molecule has 0 amide bonds. The van der Waals surface area contributed by atoms with Crippen molar-refractivity contribution in [1.82, 2.24) is 19.9 Å². The van der Waals surface area contributed by atoms with E-state index < -0.39 is 18.0 Å². The molecule has 0 aliphatic heterocycles. The summed E-state index contributed by atoms with van der Waals surface area (Å²) in [5.74, 6) is 0. The van der Waals surface area contributed by atoms with Crippen LogP contribution in [-0.2, 0) is 19.1 Å². The number of aryl methyl sites for hydroxylation is 1. The zero-order chi connectivity index (χ0) is 18.0. The molecule has 0 radical (unpaired) electrons. The number of rotatable bonds is 6. The van der Waals surface area contributed by atoms with Crippen LogP contribution in [0, 0.1) is 0 Å². The fourth-order valence-electron chi connectivity index (χ4n) is 2.00. The predicted octanol–water partition coefficient (Wildman–Crippen LogP) is 3.97. The molecule has 11 heteroatoms. The summed E-state index contributed by atoms with van der Waals surface area (Å²) in [4.78, 5) is 3.70. The fourth-order valence-corrected chi connectivity index (χ4v) is 3.01. The molecule has 0 fully saturated rings. The zero-order valence-corrected chi connectivity index (χ0v) is 13.3. The van der Waals surface area contributed by atoms with E-state index in [0.717, 1.165) is 28.3 Å². The molecular weight excluding hydrogens is 358 g/mol. The number of allylic oxidation sites excluding steroid dienone is 1. The lowest BCUT2D eigenvalue weighted by Crippen LogP contribution is -2.19. The minimum atomic E-state index is -4.66. The summed E-state index contributed by atoms with van der Waals surface area (Å²) < 4.78 is 76.2. The van der Waals surface area contributed by atoms with Gasteiger partial charge in [-0.05, 0) is 6.42 Å². The van der Waals surface area contributed by atoms with Gasteiger partial charge < -0.3 is 5.32 Å². The summed E-state index contributed by atoms with van der Waals surface area (Å²) >= 11 is 1.07. The predicted molar refractivity (Wildman–Crippen MR) is 76.8 cm³/mol. The van der Waals surface area contributed by atoms with E-state index in [9.17, 15) is 26.3 Å². The van der Waals surface area contributed by atoms with E-state index in [0.29, 0.717) is 11.4 Å². The molecule has 2 heterocycles. The Morgan fingerprint density at radius 3 is 2.50 bits per heavy atom. The highest BCUT2D eigenvalue weighted by molar-refractivity contribution is 7.16. The van der Waals surface area contributed by atoms with Crippen LogP contribution in [0.5, 0.6) is 0 Å². The van der Waals surface area contributed by atoms with Crippen LogP contribution in [0.15, 0.2) is 12.2 Å². The Bertz CT molecular complexity index is 712. The maximum atomic E-state index is 13.1. The van der Waals surface area contributed by atoms with Crippen LogP contribution in [-0.4, -0.2) is 27.3 Å². The number of nitrogens with zero attached hydrogens (tertiary/aromatic N) is 3. The van der Waals surface area contributed by atoms with Crippen LogP contribution in [0.25, 0.3) is 4.96 Å². The largest absolute Gasteiger partial charge is 0.435 e. The first-order valence-electron chi connectivity index (χ1n) is 7.01. The van der Waals surface area contributed by atoms with Crippen molar-refractivity contribution in [2.24, 2.45) is 0 Å². The Kier molecular flexibility index (Phi) is 5.53. The Hall–Kier alpha value is -1.62. The van der Waals surface area contributed by atoms with Crippen LogP contribution in [0.1, 0.15) is 29.7 Å². The molecule has 0 bridgehead atoms. The van der Waals surface area contributed by atoms with Crippen LogP contribution in [0.4, 0.5) is 26.3 Å². The molecule has 0 aliphatic carbocycles. The molecule has 4 nitrogen and oxygen atoms in total. The summed E-state index contributed by atoms with van der Waals surface area (Å²) in [6, 6.07) is 0. The Labute approximate surface area is 137 Å². The molecule has 2 aromatic heterocycles. The third-order valence-electron chi connectivity index (χ3n) is 2.93. The van der Waals surface area contributed by atoms with Gasteiger partial charge in [0.15, 0.2) is 5.69 Å². The molecule has 0 saturated carbocycles. The van der Waals surface area contributed by atoms with Gasteiger partial charge in [-0.1, -0.05) is 24.3 Å². The smallest absolute Gasteiger partial charge is 0.308 e. The summed E-state index contributed by atoms with van der Waals surface area (Å²) in [7, 11) is 0. The van der Waals surface area contributed by atoms with Crippen molar-refractivity contribution in [3.05, 3.63) is 28.5 Å². The lowest BCUT2D eigenvalue weighted by molar-refractivity contribution is -0.141. The van der Waals surface area contributed by atoms with Gasteiger partial charge in [-0.3, -0.25) is 0 Å². The van der Waals surface area contributed by atoms with E-state index >= 15 is 0 Å². The van der Waals surface area contributed by atoms with E-state index in [-0.39, 0.29) is 29.8 Å². The van der Waals surface area contributed by atoms with Crippen molar-refractivity contribution in [2.45, 2.75) is 38.7 Å². The molecule has 24 heavy (non-hydrogen) atoms. The van der Waals surface area contributed by atoms with Gasteiger partial charge in [-0.25, -0.2) is 9.50 Å². The van der Waals surface area contributed by atoms with E-state index in [1.54, 1.807) is 0 Å². The van der Waals surface area contributed by atoms with E-state index in [1.807, 2.05) is 6.92 Å². The minimum absolute atomic E-state index is 0.0266. The first-order chi connectivity index (χ1) is 11.1. The summed E-state index contributed by atoms with van der Waals surface area (Å²) in [6.07, 6.45) is -6.87. The number of aromatic nitrogens is 3. The Morgan fingerprint density at radius 1 is 1.21 bits per heavy atom. The highest BCUT2D eigenvalue weighted by atomic mass is 32.1. The lowest BCUT2D eigenvalue weighted by Gasteiger charge is -2.07. The molecule has 2 rings (SSSR count). The third kappa shape index (κ3) is 4.69. The average molecular weight is 372 g/mol. The lowest BCUT2D eigenvalue weighted by atomic mass is 10.3. The van der Waals surface area contributed by atoms with Crippen molar-refractivity contribution >= 4 is 16.3 Å². The van der Waals surface area contributed by atoms with Gasteiger partial charge in [0.2, 0.25) is 4.96 Å². The second-order valence-electron chi connectivity index (χ2n) is 4.92. The number of hydrogen-bond donors (Lipinski definition) is 1. The molecule has 134 valence electrons. The van der Waals surface area contributed by atoms with Crippen LogP contribution >= 0.6 is 11.3 Å². The van der Waals surface area contributed by atoms with E-state index in [4.69, 9.17) is 0 Å². The Balaban J connectivity index is 2.20. The molecule has 0 spiro atoms. The van der Waals surface area contributed by atoms with Crippen LogP contribution in [0.2, 0.25) is 0 Å². The van der Waals surface area contributed by atoms with Gasteiger partial charge in [0, 0.05) is 25.6 Å². The minimum Gasteiger partial charge on any atom is -0.308 e. The molecule has 0 unspecified atom stereocenters.